The second-order valence-electron chi connectivity index (χ2n) is 5.39. The molecule has 0 spiro atoms. The predicted octanol–water partition coefficient (Wildman–Crippen LogP) is -0.00550. The minimum absolute atomic E-state index is 0.316. The van der Waals surface area contributed by atoms with Gasteiger partial charge in [0.2, 0.25) is 5.95 Å². The fraction of sp³-hybridized carbons (Fsp3) is 0.643. The van der Waals surface area contributed by atoms with Gasteiger partial charge in [0.05, 0.1) is 0 Å². The van der Waals surface area contributed by atoms with Crippen molar-refractivity contribution in [1.29, 1.82) is 0 Å². The van der Waals surface area contributed by atoms with Crippen molar-refractivity contribution in [2.45, 2.75) is 32.7 Å². The second-order valence-corrected chi connectivity index (χ2v) is 5.39. The molecule has 3 N–H and O–H groups in total. The molecule has 8 heteroatoms. The van der Waals surface area contributed by atoms with E-state index in [4.69, 9.17) is 5.73 Å². The van der Waals surface area contributed by atoms with Crippen LogP contribution in [0.25, 0.3) is 11.2 Å². The number of hydrogen-bond donors (Lipinski definition) is 2. The summed E-state index contributed by atoms with van der Waals surface area (Å²) in [6, 6.07) is 0. The quantitative estimate of drug-likeness (QED) is 0.701. The molecule has 0 radical (unpaired) electrons. The van der Waals surface area contributed by atoms with Crippen LogP contribution in [0, 0.1) is 0 Å². The van der Waals surface area contributed by atoms with E-state index in [-0.39, 0.29) is 11.2 Å². The lowest BCUT2D eigenvalue weighted by Gasteiger charge is -2.11. The van der Waals surface area contributed by atoms with Gasteiger partial charge < -0.3 is 11.1 Å². The molecule has 0 saturated heterocycles. The Hall–Kier alpha value is -2.09. The minimum Gasteiger partial charge on any atom is -0.356 e. The highest BCUT2D eigenvalue weighted by molar-refractivity contribution is 5.74. The van der Waals surface area contributed by atoms with Crippen molar-refractivity contribution in [3.63, 3.8) is 0 Å². The summed E-state index contributed by atoms with van der Waals surface area (Å²) in [6.45, 7) is 4.07. The lowest BCUT2D eigenvalue weighted by atomic mass is 10.3. The molecule has 0 saturated carbocycles. The largest absolute Gasteiger partial charge is 0.356 e. The molecule has 0 atom stereocenters. The second kappa shape index (κ2) is 6.78. The monoisotopic (exact) mass is 308 g/mol. The van der Waals surface area contributed by atoms with Crippen LogP contribution in [0.3, 0.4) is 0 Å². The number of unbranched alkanes of at least 4 members (excludes halogenated alkanes) is 1. The maximum Gasteiger partial charge on any atom is 0.332 e. The van der Waals surface area contributed by atoms with E-state index in [1.54, 1.807) is 7.05 Å². The zero-order valence-electron chi connectivity index (χ0n) is 13.4. The SMILES string of the molecule is CCCCn1c(NCCCN)nc2c(=O)n(C)c(=O)n(C)c21. The highest BCUT2D eigenvalue weighted by Crippen LogP contribution is 2.16. The van der Waals surface area contributed by atoms with Gasteiger partial charge in [-0.3, -0.25) is 18.5 Å². The summed E-state index contributed by atoms with van der Waals surface area (Å²) >= 11 is 0. The van der Waals surface area contributed by atoms with Crippen LogP contribution in [-0.2, 0) is 20.6 Å². The van der Waals surface area contributed by atoms with Gasteiger partial charge in [-0.2, -0.15) is 0 Å². The van der Waals surface area contributed by atoms with Gasteiger partial charge >= 0.3 is 5.69 Å². The lowest BCUT2D eigenvalue weighted by Crippen LogP contribution is -2.37. The van der Waals surface area contributed by atoms with Crippen LogP contribution in [0.2, 0.25) is 0 Å². The number of nitrogens with zero attached hydrogens (tertiary/aromatic N) is 4. The fourth-order valence-corrected chi connectivity index (χ4v) is 2.45. The average Bonchev–Trinajstić information content (AvgIpc) is 2.88. The zero-order chi connectivity index (χ0) is 16.3. The molecule has 8 nitrogen and oxygen atoms in total. The molecule has 0 amide bonds. The standard InChI is InChI=1S/C14H24N6O2/c1-4-5-9-20-11-10(17-13(20)16-8-6-7-15)12(21)19(3)14(22)18(11)2/h4-9,15H2,1-3H3,(H,16,17). The van der Waals surface area contributed by atoms with Crippen molar-refractivity contribution in [2.24, 2.45) is 19.8 Å². The summed E-state index contributed by atoms with van der Waals surface area (Å²) in [5, 5.41) is 3.21. The number of nitrogens with one attached hydrogen (secondary N) is 1. The molecule has 0 unspecified atom stereocenters. The summed E-state index contributed by atoms with van der Waals surface area (Å²) in [6.07, 6.45) is 2.77. The predicted molar refractivity (Wildman–Crippen MR) is 87.3 cm³/mol. The number of nitrogens with two attached hydrogens (primary N) is 1. The Morgan fingerprint density at radius 2 is 1.91 bits per heavy atom. The van der Waals surface area contributed by atoms with Crippen LogP contribution in [0.15, 0.2) is 9.59 Å². The minimum atomic E-state index is -0.366. The van der Waals surface area contributed by atoms with Crippen molar-refractivity contribution < 1.29 is 0 Å². The number of hydrogen-bond acceptors (Lipinski definition) is 5. The maximum atomic E-state index is 12.3. The fourth-order valence-electron chi connectivity index (χ4n) is 2.45. The summed E-state index contributed by atoms with van der Waals surface area (Å²) in [4.78, 5) is 28.9. The van der Waals surface area contributed by atoms with E-state index in [9.17, 15) is 9.59 Å². The molecule has 2 heterocycles. The van der Waals surface area contributed by atoms with Gasteiger partial charge in [0.1, 0.15) is 0 Å². The van der Waals surface area contributed by atoms with Crippen LogP contribution in [0.5, 0.6) is 0 Å². The summed E-state index contributed by atoms with van der Waals surface area (Å²) in [7, 11) is 3.13. The van der Waals surface area contributed by atoms with Gasteiger partial charge in [0.25, 0.3) is 5.56 Å². The Morgan fingerprint density at radius 3 is 2.55 bits per heavy atom. The van der Waals surface area contributed by atoms with Gasteiger partial charge in [-0.1, -0.05) is 13.3 Å². The molecular weight excluding hydrogens is 284 g/mol. The first-order valence-corrected chi connectivity index (χ1v) is 7.63. The number of imidazole rings is 1. The van der Waals surface area contributed by atoms with Crippen molar-refractivity contribution in [3.8, 4) is 0 Å². The van der Waals surface area contributed by atoms with Gasteiger partial charge in [0.15, 0.2) is 11.2 Å². The van der Waals surface area contributed by atoms with Crippen LogP contribution in [-0.4, -0.2) is 31.8 Å². The summed E-state index contributed by atoms with van der Waals surface area (Å²) in [5.41, 5.74) is 5.68. The number of aryl methyl sites for hydroxylation is 2. The van der Waals surface area contributed by atoms with Crippen LogP contribution < -0.4 is 22.3 Å². The van der Waals surface area contributed by atoms with E-state index in [1.165, 1.54) is 11.6 Å². The van der Waals surface area contributed by atoms with E-state index < -0.39 is 0 Å². The van der Waals surface area contributed by atoms with Crippen LogP contribution in [0.4, 0.5) is 5.95 Å². The first-order chi connectivity index (χ1) is 10.5. The van der Waals surface area contributed by atoms with Crippen LogP contribution in [0.1, 0.15) is 26.2 Å². The van der Waals surface area contributed by atoms with Crippen molar-refractivity contribution in [2.75, 3.05) is 18.4 Å². The molecule has 2 aromatic rings. The third-order valence-electron chi connectivity index (χ3n) is 3.74. The van der Waals surface area contributed by atoms with Gasteiger partial charge in [-0.05, 0) is 19.4 Å². The molecule has 0 aliphatic rings. The topological polar surface area (TPSA) is 99.9 Å². The van der Waals surface area contributed by atoms with Crippen molar-refractivity contribution in [1.82, 2.24) is 18.7 Å². The maximum absolute atomic E-state index is 12.3. The summed E-state index contributed by atoms with van der Waals surface area (Å²) in [5.74, 6) is 0.621. The highest BCUT2D eigenvalue weighted by atomic mass is 16.2. The van der Waals surface area contributed by atoms with Crippen molar-refractivity contribution >= 4 is 17.1 Å². The molecule has 122 valence electrons. The molecule has 2 rings (SSSR count). The van der Waals surface area contributed by atoms with E-state index >= 15 is 0 Å². The molecule has 0 aromatic carbocycles. The third kappa shape index (κ3) is 2.78. The van der Waals surface area contributed by atoms with E-state index in [0.717, 1.165) is 23.8 Å². The number of fused-ring (bicyclic) bond motifs is 1. The van der Waals surface area contributed by atoms with Gasteiger partial charge in [-0.15, -0.1) is 0 Å². The van der Waals surface area contributed by atoms with E-state index in [1.807, 2.05) is 4.57 Å². The normalized spacial score (nSPS) is 11.3. The molecule has 0 aliphatic carbocycles. The smallest absolute Gasteiger partial charge is 0.332 e. The summed E-state index contributed by atoms with van der Waals surface area (Å²) < 4.78 is 4.48. The first kappa shape index (κ1) is 16.3. The highest BCUT2D eigenvalue weighted by Gasteiger charge is 2.18. The Bertz CT molecular complexity index is 770. The molecular formula is C14H24N6O2. The Morgan fingerprint density at radius 1 is 1.18 bits per heavy atom. The van der Waals surface area contributed by atoms with Gasteiger partial charge in [0, 0.05) is 27.2 Å². The molecule has 2 aromatic heterocycles. The number of anilines is 1. The first-order valence-electron chi connectivity index (χ1n) is 7.63. The molecule has 22 heavy (non-hydrogen) atoms. The van der Waals surface area contributed by atoms with E-state index in [2.05, 4.69) is 17.2 Å². The average molecular weight is 308 g/mol. The van der Waals surface area contributed by atoms with Crippen molar-refractivity contribution in [3.05, 3.63) is 20.8 Å². The van der Waals surface area contributed by atoms with E-state index in [0.29, 0.717) is 36.7 Å². The Balaban J connectivity index is 2.64. The zero-order valence-corrected chi connectivity index (χ0v) is 13.4. The molecule has 0 fully saturated rings. The van der Waals surface area contributed by atoms with Crippen LogP contribution >= 0.6 is 0 Å². The molecule has 0 aliphatic heterocycles. The number of rotatable bonds is 7. The lowest BCUT2D eigenvalue weighted by molar-refractivity contribution is 0.624. The number of aromatic nitrogens is 4. The van der Waals surface area contributed by atoms with Gasteiger partial charge in [-0.25, -0.2) is 9.78 Å². The Kier molecular flexibility index (Phi) is 5.02. The third-order valence-corrected chi connectivity index (χ3v) is 3.74. The Labute approximate surface area is 128 Å². The molecule has 0 bridgehead atoms.